The molecule has 2 heterocycles. The molecule has 0 bridgehead atoms. The van der Waals surface area contributed by atoms with Gasteiger partial charge < -0.3 is 10.3 Å². The number of nitrogens with zero attached hydrogens (tertiary/aromatic N) is 1. The molecule has 1 fully saturated rings. The second kappa shape index (κ2) is 8.18. The summed E-state index contributed by atoms with van der Waals surface area (Å²) >= 11 is 5.87. The minimum Gasteiger partial charge on any atom is -0.361 e. The Morgan fingerprint density at radius 2 is 1.83 bits per heavy atom. The van der Waals surface area contributed by atoms with Crippen LogP contribution in [0.2, 0.25) is 5.02 Å². The lowest BCUT2D eigenvalue weighted by molar-refractivity contribution is -0.126. The van der Waals surface area contributed by atoms with Crippen molar-refractivity contribution < 1.29 is 13.2 Å². The van der Waals surface area contributed by atoms with Crippen LogP contribution in [0.5, 0.6) is 0 Å². The molecule has 0 saturated carbocycles. The van der Waals surface area contributed by atoms with E-state index in [0.717, 1.165) is 16.5 Å². The highest BCUT2D eigenvalue weighted by Crippen LogP contribution is 2.26. The van der Waals surface area contributed by atoms with Gasteiger partial charge in [0.25, 0.3) is 0 Å². The average molecular weight is 432 g/mol. The van der Waals surface area contributed by atoms with Crippen LogP contribution in [0.4, 0.5) is 0 Å². The molecule has 0 radical (unpaired) electrons. The van der Waals surface area contributed by atoms with Gasteiger partial charge in [-0.1, -0.05) is 23.7 Å². The van der Waals surface area contributed by atoms with Crippen LogP contribution in [-0.4, -0.2) is 36.7 Å². The Bertz CT molecular complexity index is 1120. The van der Waals surface area contributed by atoms with Gasteiger partial charge in [-0.3, -0.25) is 4.79 Å². The van der Waals surface area contributed by atoms with E-state index in [4.69, 9.17) is 11.6 Å². The van der Waals surface area contributed by atoms with E-state index < -0.39 is 10.0 Å². The van der Waals surface area contributed by atoms with E-state index in [0.29, 0.717) is 37.5 Å². The van der Waals surface area contributed by atoms with Crippen LogP contribution < -0.4 is 5.32 Å². The van der Waals surface area contributed by atoms with Crippen molar-refractivity contribution in [2.24, 2.45) is 5.92 Å². The number of aromatic amines is 1. The van der Waals surface area contributed by atoms with Crippen molar-refractivity contribution >= 4 is 38.4 Å². The van der Waals surface area contributed by atoms with Crippen molar-refractivity contribution in [3.05, 3.63) is 65.3 Å². The second-order valence-corrected chi connectivity index (χ2v) is 9.62. The number of aromatic nitrogens is 1. The number of nitrogens with one attached hydrogen (secondary N) is 2. The number of rotatable bonds is 5. The van der Waals surface area contributed by atoms with Gasteiger partial charge >= 0.3 is 0 Å². The summed E-state index contributed by atoms with van der Waals surface area (Å²) in [5.74, 6) is -0.216. The first-order valence-corrected chi connectivity index (χ1v) is 11.3. The van der Waals surface area contributed by atoms with Gasteiger partial charge in [0.15, 0.2) is 0 Å². The molecular weight excluding hydrogens is 410 g/mol. The molecule has 2 N–H and O–H groups in total. The summed E-state index contributed by atoms with van der Waals surface area (Å²) in [4.78, 5) is 15.8. The van der Waals surface area contributed by atoms with Crippen LogP contribution in [0.1, 0.15) is 18.4 Å². The van der Waals surface area contributed by atoms with E-state index >= 15 is 0 Å². The quantitative estimate of drug-likeness (QED) is 0.648. The monoisotopic (exact) mass is 431 g/mol. The van der Waals surface area contributed by atoms with Gasteiger partial charge in [0, 0.05) is 47.7 Å². The highest BCUT2D eigenvalue weighted by atomic mass is 35.5. The molecular formula is C21H22ClN3O3S. The van der Waals surface area contributed by atoms with Gasteiger partial charge in [-0.15, -0.1) is 0 Å². The summed E-state index contributed by atoms with van der Waals surface area (Å²) in [6, 6.07) is 14.3. The van der Waals surface area contributed by atoms with Gasteiger partial charge in [-0.2, -0.15) is 4.31 Å². The van der Waals surface area contributed by atoms with Crippen LogP contribution in [0, 0.1) is 5.92 Å². The maximum absolute atomic E-state index is 13.0. The normalized spacial score (nSPS) is 16.2. The molecule has 3 aromatic rings. The predicted molar refractivity (Wildman–Crippen MR) is 113 cm³/mol. The van der Waals surface area contributed by atoms with Crippen molar-refractivity contribution in [3.63, 3.8) is 0 Å². The highest BCUT2D eigenvalue weighted by Gasteiger charge is 2.32. The zero-order valence-corrected chi connectivity index (χ0v) is 17.3. The standard InChI is InChI=1S/C21H22ClN3O3S/c22-18-3-1-15(2-4-18)14-24-21(26)16-8-11-25(12-9-16)29(27,28)19-5-6-20-17(13-19)7-10-23-20/h1-7,10,13,16,23H,8-9,11-12,14H2,(H,24,26). The third-order valence-corrected chi connectivity index (χ3v) is 7.51. The molecule has 4 rings (SSSR count). The number of halogens is 1. The van der Waals surface area contributed by atoms with Crippen molar-refractivity contribution in [2.45, 2.75) is 24.3 Å². The molecule has 1 aromatic heterocycles. The molecule has 29 heavy (non-hydrogen) atoms. The number of carbonyl (C=O) groups excluding carboxylic acids is 1. The van der Waals surface area contributed by atoms with Gasteiger partial charge in [0.2, 0.25) is 15.9 Å². The molecule has 152 valence electrons. The zero-order valence-electron chi connectivity index (χ0n) is 15.8. The van der Waals surface area contributed by atoms with Crippen molar-refractivity contribution in [3.8, 4) is 0 Å². The minimum atomic E-state index is -3.56. The maximum Gasteiger partial charge on any atom is 0.243 e. The van der Waals surface area contributed by atoms with Gasteiger partial charge in [-0.25, -0.2) is 8.42 Å². The average Bonchev–Trinajstić information content (AvgIpc) is 3.21. The summed E-state index contributed by atoms with van der Waals surface area (Å²) < 4.78 is 27.4. The Hall–Kier alpha value is -2.35. The number of amides is 1. The molecule has 0 unspecified atom stereocenters. The topological polar surface area (TPSA) is 82.3 Å². The van der Waals surface area contributed by atoms with Crippen LogP contribution in [0.15, 0.2) is 59.6 Å². The van der Waals surface area contributed by atoms with E-state index in [2.05, 4.69) is 10.3 Å². The van der Waals surface area contributed by atoms with Crippen LogP contribution >= 0.6 is 11.6 Å². The number of sulfonamides is 1. The molecule has 1 aliphatic heterocycles. The second-order valence-electron chi connectivity index (χ2n) is 7.25. The number of benzene rings is 2. The number of hydrogen-bond donors (Lipinski definition) is 2. The van der Waals surface area contributed by atoms with Gasteiger partial charge in [0.05, 0.1) is 4.90 Å². The van der Waals surface area contributed by atoms with Gasteiger partial charge in [0.1, 0.15) is 0 Å². The number of fused-ring (bicyclic) bond motifs is 1. The lowest BCUT2D eigenvalue weighted by Gasteiger charge is -2.30. The first kappa shape index (κ1) is 19.9. The van der Waals surface area contributed by atoms with E-state index in [1.54, 1.807) is 36.5 Å². The van der Waals surface area contributed by atoms with E-state index in [-0.39, 0.29) is 16.7 Å². The molecule has 8 heteroatoms. The Kier molecular flexibility index (Phi) is 5.63. The third kappa shape index (κ3) is 4.32. The van der Waals surface area contributed by atoms with Crippen molar-refractivity contribution in [1.82, 2.24) is 14.6 Å². The number of carbonyl (C=O) groups is 1. The smallest absolute Gasteiger partial charge is 0.243 e. The Morgan fingerprint density at radius 1 is 1.10 bits per heavy atom. The first-order valence-electron chi connectivity index (χ1n) is 9.53. The van der Waals surface area contributed by atoms with E-state index in [1.165, 1.54) is 4.31 Å². The van der Waals surface area contributed by atoms with Crippen LogP contribution in [0.25, 0.3) is 10.9 Å². The van der Waals surface area contributed by atoms with Crippen molar-refractivity contribution in [1.29, 1.82) is 0 Å². The molecule has 1 aliphatic rings. The summed E-state index contributed by atoms with van der Waals surface area (Å²) in [5, 5.41) is 4.46. The Balaban J connectivity index is 1.35. The largest absolute Gasteiger partial charge is 0.361 e. The van der Waals surface area contributed by atoms with E-state index in [1.807, 2.05) is 18.2 Å². The lowest BCUT2D eigenvalue weighted by atomic mass is 9.97. The fraction of sp³-hybridized carbons (Fsp3) is 0.286. The van der Waals surface area contributed by atoms with Gasteiger partial charge in [-0.05, 0) is 54.8 Å². The zero-order chi connectivity index (χ0) is 20.4. The number of H-pyrrole nitrogens is 1. The number of piperidine rings is 1. The highest BCUT2D eigenvalue weighted by molar-refractivity contribution is 7.89. The minimum absolute atomic E-state index is 0.0364. The number of hydrogen-bond acceptors (Lipinski definition) is 3. The van der Waals surface area contributed by atoms with Crippen LogP contribution in [-0.2, 0) is 21.4 Å². The first-order chi connectivity index (χ1) is 13.9. The van der Waals surface area contributed by atoms with Crippen LogP contribution in [0.3, 0.4) is 0 Å². The SMILES string of the molecule is O=C(NCc1ccc(Cl)cc1)C1CCN(S(=O)(=O)c2ccc3[nH]ccc3c2)CC1. The summed E-state index contributed by atoms with van der Waals surface area (Å²) in [6.07, 6.45) is 2.81. The molecule has 2 aromatic carbocycles. The lowest BCUT2D eigenvalue weighted by Crippen LogP contribution is -2.42. The fourth-order valence-electron chi connectivity index (χ4n) is 3.64. The van der Waals surface area contributed by atoms with E-state index in [9.17, 15) is 13.2 Å². The van der Waals surface area contributed by atoms with Crippen molar-refractivity contribution in [2.75, 3.05) is 13.1 Å². The maximum atomic E-state index is 13.0. The summed E-state index contributed by atoms with van der Waals surface area (Å²) in [5.41, 5.74) is 1.88. The molecule has 1 saturated heterocycles. The molecule has 0 atom stereocenters. The third-order valence-electron chi connectivity index (χ3n) is 5.37. The molecule has 0 spiro atoms. The Labute approximate surface area is 174 Å². The Morgan fingerprint density at radius 3 is 2.55 bits per heavy atom. The molecule has 6 nitrogen and oxygen atoms in total. The molecule has 0 aliphatic carbocycles. The molecule has 1 amide bonds. The predicted octanol–water partition coefficient (Wildman–Crippen LogP) is 3.54. The summed E-state index contributed by atoms with van der Waals surface area (Å²) in [7, 11) is -3.56. The fourth-order valence-corrected chi connectivity index (χ4v) is 5.27. The summed E-state index contributed by atoms with van der Waals surface area (Å²) in [6.45, 7) is 1.12.